The Morgan fingerprint density at radius 3 is 2.46 bits per heavy atom. The third-order valence-electron chi connectivity index (χ3n) is 4.92. The number of fused-ring (bicyclic) bond motifs is 4. The van der Waals surface area contributed by atoms with Gasteiger partial charge in [-0.3, -0.25) is 0 Å². The molecule has 0 aliphatic heterocycles. The second-order valence-corrected chi connectivity index (χ2v) is 6.53. The van der Waals surface area contributed by atoms with E-state index in [1.54, 1.807) is 6.07 Å². The zero-order valence-corrected chi connectivity index (χ0v) is 14.1. The summed E-state index contributed by atoms with van der Waals surface area (Å²) >= 11 is 0. The molecule has 3 nitrogen and oxygen atoms in total. The number of hydrogen-bond donors (Lipinski definition) is 1. The minimum absolute atomic E-state index is 0.140. The highest BCUT2D eigenvalue weighted by atomic mass is 16.3. The van der Waals surface area contributed by atoms with E-state index in [2.05, 4.69) is 46.6 Å². The molecule has 0 aromatic heterocycles. The van der Waals surface area contributed by atoms with Gasteiger partial charge in [0.15, 0.2) is 0 Å². The van der Waals surface area contributed by atoms with E-state index in [1.807, 2.05) is 36.4 Å². The molecule has 4 aromatic rings. The highest BCUT2D eigenvalue weighted by Crippen LogP contribution is 2.39. The molecule has 0 radical (unpaired) electrons. The van der Waals surface area contributed by atoms with E-state index in [9.17, 15) is 5.11 Å². The molecule has 1 N–H and O–H groups in total. The maximum absolute atomic E-state index is 10.2. The van der Waals surface area contributed by atoms with Gasteiger partial charge in [-0.25, -0.2) is 0 Å². The van der Waals surface area contributed by atoms with Crippen molar-refractivity contribution in [3.05, 3.63) is 90.0 Å². The van der Waals surface area contributed by atoms with Crippen LogP contribution in [0, 0.1) is 0 Å². The van der Waals surface area contributed by atoms with Crippen molar-refractivity contribution in [2.75, 3.05) is 0 Å². The summed E-state index contributed by atoms with van der Waals surface area (Å²) in [4.78, 5) is 0. The topological polar surface area (TPSA) is 45.0 Å². The van der Waals surface area contributed by atoms with Crippen LogP contribution in [-0.2, 0) is 6.42 Å². The van der Waals surface area contributed by atoms with Crippen LogP contribution >= 0.6 is 0 Å². The molecule has 0 amide bonds. The van der Waals surface area contributed by atoms with E-state index >= 15 is 0 Å². The van der Waals surface area contributed by atoms with Gasteiger partial charge in [-0.05, 0) is 52.3 Å². The Kier molecular flexibility index (Phi) is 3.32. The minimum atomic E-state index is 0.140. The molecule has 1 aliphatic rings. The number of aromatic hydroxyl groups is 1. The minimum Gasteiger partial charge on any atom is -0.506 e. The summed E-state index contributed by atoms with van der Waals surface area (Å²) in [6, 6.07) is 26.1. The van der Waals surface area contributed by atoms with Gasteiger partial charge in [0, 0.05) is 5.39 Å². The van der Waals surface area contributed by atoms with Crippen LogP contribution in [0.5, 0.6) is 5.75 Å². The molecule has 0 saturated carbocycles. The molecule has 3 heteroatoms. The largest absolute Gasteiger partial charge is 0.506 e. The van der Waals surface area contributed by atoms with Crippen molar-refractivity contribution in [3.8, 4) is 16.9 Å². The van der Waals surface area contributed by atoms with Crippen LogP contribution in [0.4, 0.5) is 11.4 Å². The van der Waals surface area contributed by atoms with Crippen molar-refractivity contribution >= 4 is 22.1 Å². The van der Waals surface area contributed by atoms with Gasteiger partial charge in [0.25, 0.3) is 0 Å². The van der Waals surface area contributed by atoms with Gasteiger partial charge in [0.05, 0.1) is 5.69 Å². The van der Waals surface area contributed by atoms with E-state index in [1.165, 1.54) is 22.3 Å². The van der Waals surface area contributed by atoms with Gasteiger partial charge in [-0.2, -0.15) is 5.11 Å². The molecule has 0 saturated heterocycles. The lowest BCUT2D eigenvalue weighted by molar-refractivity contribution is 0.477. The summed E-state index contributed by atoms with van der Waals surface area (Å²) in [7, 11) is 0. The lowest BCUT2D eigenvalue weighted by atomic mass is 10.1. The molecule has 4 aromatic carbocycles. The lowest BCUT2D eigenvalue weighted by Gasteiger charge is -2.04. The maximum Gasteiger partial charge on any atom is 0.143 e. The van der Waals surface area contributed by atoms with Gasteiger partial charge in [0.1, 0.15) is 11.4 Å². The van der Waals surface area contributed by atoms with Gasteiger partial charge in [0.2, 0.25) is 0 Å². The van der Waals surface area contributed by atoms with Crippen molar-refractivity contribution in [1.29, 1.82) is 0 Å². The summed E-state index contributed by atoms with van der Waals surface area (Å²) in [5.74, 6) is 0.140. The Balaban J connectivity index is 1.54. The highest BCUT2D eigenvalue weighted by molar-refractivity contribution is 5.95. The molecule has 1 aliphatic carbocycles. The Hall–Kier alpha value is -3.46. The van der Waals surface area contributed by atoms with E-state index in [0.29, 0.717) is 5.69 Å². The van der Waals surface area contributed by atoms with Gasteiger partial charge < -0.3 is 5.11 Å². The number of azo groups is 1. The fourth-order valence-corrected chi connectivity index (χ4v) is 3.65. The summed E-state index contributed by atoms with van der Waals surface area (Å²) in [6.07, 6.45) is 0.925. The Morgan fingerprint density at radius 1 is 0.692 bits per heavy atom. The molecule has 0 atom stereocenters. The first-order valence-electron chi connectivity index (χ1n) is 8.63. The number of hydrogen-bond acceptors (Lipinski definition) is 3. The van der Waals surface area contributed by atoms with Gasteiger partial charge >= 0.3 is 0 Å². The van der Waals surface area contributed by atoms with Gasteiger partial charge in [-0.15, -0.1) is 5.11 Å². The molecular weight excluding hydrogens is 320 g/mol. The fraction of sp³-hybridized carbons (Fsp3) is 0.0435. The quantitative estimate of drug-likeness (QED) is 0.366. The first-order valence-corrected chi connectivity index (χ1v) is 8.63. The van der Waals surface area contributed by atoms with E-state index in [4.69, 9.17) is 0 Å². The lowest BCUT2D eigenvalue weighted by Crippen LogP contribution is -1.79. The maximum atomic E-state index is 10.2. The average Bonchev–Trinajstić information content (AvgIpc) is 3.05. The predicted octanol–water partition coefficient (Wildman–Crippen LogP) is 6.53. The second kappa shape index (κ2) is 5.81. The summed E-state index contributed by atoms with van der Waals surface area (Å²) in [5, 5.41) is 20.9. The molecule has 0 fully saturated rings. The molecule has 124 valence electrons. The predicted molar refractivity (Wildman–Crippen MR) is 104 cm³/mol. The number of rotatable bonds is 2. The van der Waals surface area contributed by atoms with Crippen molar-refractivity contribution in [3.63, 3.8) is 0 Å². The monoisotopic (exact) mass is 336 g/mol. The van der Waals surface area contributed by atoms with Crippen LogP contribution in [0.1, 0.15) is 11.1 Å². The van der Waals surface area contributed by atoms with Crippen LogP contribution in [0.15, 0.2) is 89.1 Å². The number of benzene rings is 4. The van der Waals surface area contributed by atoms with Crippen LogP contribution in [0.3, 0.4) is 0 Å². The molecule has 0 bridgehead atoms. The third-order valence-corrected chi connectivity index (χ3v) is 4.92. The van der Waals surface area contributed by atoms with Gasteiger partial charge in [-0.1, -0.05) is 60.7 Å². The Morgan fingerprint density at radius 2 is 1.50 bits per heavy atom. The zero-order chi connectivity index (χ0) is 17.5. The zero-order valence-electron chi connectivity index (χ0n) is 14.1. The molecule has 0 unspecified atom stereocenters. The Bertz CT molecular complexity index is 1180. The van der Waals surface area contributed by atoms with Crippen LogP contribution in [0.25, 0.3) is 21.9 Å². The van der Waals surface area contributed by atoms with E-state index in [0.717, 1.165) is 22.9 Å². The van der Waals surface area contributed by atoms with E-state index < -0.39 is 0 Å². The molecule has 0 heterocycles. The standard InChI is InChI=1S/C23H16N2O/c26-22-12-9-15-5-1-4-8-21(15)23(22)25-24-18-10-11-20-17(14-18)13-16-6-2-3-7-19(16)20/h1-12,14,26H,13H2. The SMILES string of the molecule is Oc1ccc2ccccc2c1N=Nc1ccc2c(c1)Cc1ccccc1-2. The third kappa shape index (κ3) is 2.37. The summed E-state index contributed by atoms with van der Waals surface area (Å²) < 4.78 is 0. The molecule has 0 spiro atoms. The highest BCUT2D eigenvalue weighted by Gasteiger charge is 2.17. The van der Waals surface area contributed by atoms with Crippen molar-refractivity contribution in [1.82, 2.24) is 0 Å². The first-order chi connectivity index (χ1) is 12.8. The van der Waals surface area contributed by atoms with Crippen molar-refractivity contribution in [2.24, 2.45) is 10.2 Å². The number of phenolic OH excluding ortho intramolecular Hbond substituents is 1. The smallest absolute Gasteiger partial charge is 0.143 e. The fourth-order valence-electron chi connectivity index (χ4n) is 3.65. The molecule has 26 heavy (non-hydrogen) atoms. The average molecular weight is 336 g/mol. The molecule has 5 rings (SSSR count). The van der Waals surface area contributed by atoms with E-state index in [-0.39, 0.29) is 5.75 Å². The Labute approximate surface area is 151 Å². The van der Waals surface area contributed by atoms with Crippen LogP contribution < -0.4 is 0 Å². The normalized spacial score (nSPS) is 12.5. The molecular formula is C23H16N2O. The second-order valence-electron chi connectivity index (χ2n) is 6.53. The summed E-state index contributed by atoms with van der Waals surface area (Å²) in [6.45, 7) is 0. The summed E-state index contributed by atoms with van der Waals surface area (Å²) in [5.41, 5.74) is 6.49. The first kappa shape index (κ1) is 14.8. The number of phenols is 1. The number of nitrogens with zero attached hydrogens (tertiary/aromatic N) is 2. The van der Waals surface area contributed by atoms with Crippen molar-refractivity contribution < 1.29 is 5.11 Å². The van der Waals surface area contributed by atoms with Crippen molar-refractivity contribution in [2.45, 2.75) is 6.42 Å². The van der Waals surface area contributed by atoms with Crippen LogP contribution in [-0.4, -0.2) is 5.11 Å². The van der Waals surface area contributed by atoms with Crippen LogP contribution in [0.2, 0.25) is 0 Å².